The number of thioether (sulfide) groups is 1. The summed E-state index contributed by atoms with van der Waals surface area (Å²) in [5.41, 5.74) is 7.45. The first-order valence-electron chi connectivity index (χ1n) is 6.89. The third-order valence-corrected chi connectivity index (χ3v) is 3.93. The Balaban J connectivity index is 2.87. The zero-order valence-electron chi connectivity index (χ0n) is 11.8. The monoisotopic (exact) mass is 277 g/mol. The second-order valence-electron chi connectivity index (χ2n) is 4.44. The summed E-state index contributed by atoms with van der Waals surface area (Å²) >= 11 is 1.70. The fraction of sp³-hybridized carbons (Fsp3) is 0.533. The van der Waals surface area contributed by atoms with E-state index in [0.717, 1.165) is 41.2 Å². The number of anilines is 1. The van der Waals surface area contributed by atoms with E-state index in [9.17, 15) is 5.26 Å². The summed E-state index contributed by atoms with van der Waals surface area (Å²) in [5.74, 6) is 0.967. The van der Waals surface area contributed by atoms with Crippen molar-refractivity contribution in [3.8, 4) is 6.07 Å². The van der Waals surface area contributed by atoms with Gasteiger partial charge in [0.05, 0.1) is 11.3 Å². The zero-order chi connectivity index (χ0) is 14.1. The third-order valence-electron chi connectivity index (χ3n) is 2.99. The number of hydrogen-bond acceptors (Lipinski definition) is 4. The topological polar surface area (TPSA) is 61.8 Å². The molecule has 0 aliphatic carbocycles. The van der Waals surface area contributed by atoms with Crippen LogP contribution >= 0.6 is 11.8 Å². The molecule has 0 spiro atoms. The average Bonchev–Trinajstić information content (AvgIpc) is 2.44. The van der Waals surface area contributed by atoms with Crippen molar-refractivity contribution < 1.29 is 0 Å². The van der Waals surface area contributed by atoms with Crippen LogP contribution in [0.25, 0.3) is 0 Å². The van der Waals surface area contributed by atoms with E-state index in [4.69, 9.17) is 5.73 Å². The van der Waals surface area contributed by atoms with Crippen molar-refractivity contribution in [3.63, 3.8) is 0 Å². The SMILES string of the molecule is CCCCC(CN)Nc1cccc(SCC)c1C#N. The summed E-state index contributed by atoms with van der Waals surface area (Å²) < 4.78 is 0. The molecule has 1 rings (SSSR count). The largest absolute Gasteiger partial charge is 0.380 e. The molecule has 1 atom stereocenters. The van der Waals surface area contributed by atoms with Crippen molar-refractivity contribution in [3.05, 3.63) is 23.8 Å². The summed E-state index contributed by atoms with van der Waals surface area (Å²) in [6, 6.07) is 8.52. The summed E-state index contributed by atoms with van der Waals surface area (Å²) in [5, 5.41) is 12.8. The number of nitriles is 1. The Morgan fingerprint density at radius 1 is 1.42 bits per heavy atom. The lowest BCUT2D eigenvalue weighted by Crippen LogP contribution is -2.29. The summed E-state index contributed by atoms with van der Waals surface area (Å²) in [6.45, 7) is 4.86. The lowest BCUT2D eigenvalue weighted by molar-refractivity contribution is 0.614. The van der Waals surface area contributed by atoms with Crippen molar-refractivity contribution >= 4 is 17.4 Å². The van der Waals surface area contributed by atoms with Crippen LogP contribution in [0.3, 0.4) is 0 Å². The van der Waals surface area contributed by atoms with Crippen molar-refractivity contribution in [2.24, 2.45) is 5.73 Å². The summed E-state index contributed by atoms with van der Waals surface area (Å²) in [7, 11) is 0. The Labute approximate surface area is 120 Å². The molecule has 104 valence electrons. The average molecular weight is 277 g/mol. The number of nitrogens with one attached hydrogen (secondary N) is 1. The molecule has 0 amide bonds. The van der Waals surface area contributed by atoms with Crippen molar-refractivity contribution in [2.45, 2.75) is 44.0 Å². The molecule has 4 heteroatoms. The molecule has 1 aromatic carbocycles. The number of hydrogen-bond donors (Lipinski definition) is 2. The predicted molar refractivity (Wildman–Crippen MR) is 83.5 cm³/mol. The van der Waals surface area contributed by atoms with E-state index in [0.29, 0.717) is 6.54 Å². The molecule has 0 heterocycles. The van der Waals surface area contributed by atoms with Crippen LogP contribution in [0.5, 0.6) is 0 Å². The molecule has 0 radical (unpaired) electrons. The lowest BCUT2D eigenvalue weighted by Gasteiger charge is -2.19. The van der Waals surface area contributed by atoms with Gasteiger partial charge in [-0.3, -0.25) is 0 Å². The van der Waals surface area contributed by atoms with Crippen molar-refractivity contribution in [1.82, 2.24) is 0 Å². The molecule has 0 aromatic heterocycles. The van der Waals surface area contributed by atoms with E-state index in [1.165, 1.54) is 0 Å². The third kappa shape index (κ3) is 4.77. The fourth-order valence-electron chi connectivity index (χ4n) is 1.96. The Hall–Kier alpha value is -1.18. The molecular formula is C15H23N3S. The predicted octanol–water partition coefficient (Wildman–Crippen LogP) is 3.60. The molecule has 1 unspecified atom stereocenters. The van der Waals surface area contributed by atoms with Gasteiger partial charge in [0.15, 0.2) is 0 Å². The molecule has 0 aliphatic heterocycles. The lowest BCUT2D eigenvalue weighted by atomic mass is 10.1. The first-order valence-corrected chi connectivity index (χ1v) is 7.87. The Morgan fingerprint density at radius 2 is 2.21 bits per heavy atom. The molecule has 0 saturated heterocycles. The first-order chi connectivity index (χ1) is 9.26. The molecule has 0 bridgehead atoms. The summed E-state index contributed by atoms with van der Waals surface area (Å²) in [4.78, 5) is 1.04. The Bertz CT molecular complexity index is 426. The minimum atomic E-state index is 0.244. The van der Waals surface area contributed by atoms with Crippen molar-refractivity contribution in [1.29, 1.82) is 5.26 Å². The van der Waals surface area contributed by atoms with E-state index in [1.54, 1.807) is 11.8 Å². The van der Waals surface area contributed by atoms with Gasteiger partial charge in [-0.05, 0) is 24.3 Å². The van der Waals surface area contributed by atoms with Crippen molar-refractivity contribution in [2.75, 3.05) is 17.6 Å². The highest BCUT2D eigenvalue weighted by Gasteiger charge is 2.11. The highest BCUT2D eigenvalue weighted by atomic mass is 32.2. The van der Waals surface area contributed by atoms with Crippen LogP contribution in [0, 0.1) is 11.3 Å². The number of benzene rings is 1. The normalized spacial score (nSPS) is 11.9. The van der Waals surface area contributed by atoms with E-state index in [2.05, 4.69) is 25.2 Å². The van der Waals surface area contributed by atoms with Gasteiger partial charge in [0.2, 0.25) is 0 Å². The van der Waals surface area contributed by atoms with Crippen LogP contribution < -0.4 is 11.1 Å². The van der Waals surface area contributed by atoms with Crippen LogP contribution in [0.4, 0.5) is 5.69 Å². The minimum Gasteiger partial charge on any atom is -0.380 e. The van der Waals surface area contributed by atoms with Gasteiger partial charge in [0.25, 0.3) is 0 Å². The van der Waals surface area contributed by atoms with Gasteiger partial charge < -0.3 is 11.1 Å². The van der Waals surface area contributed by atoms with Crippen LogP contribution in [-0.2, 0) is 0 Å². The molecule has 3 nitrogen and oxygen atoms in total. The van der Waals surface area contributed by atoms with Gasteiger partial charge in [-0.1, -0.05) is 32.8 Å². The zero-order valence-corrected chi connectivity index (χ0v) is 12.6. The maximum atomic E-state index is 9.35. The molecule has 19 heavy (non-hydrogen) atoms. The number of nitrogens with zero attached hydrogens (tertiary/aromatic N) is 1. The molecule has 1 aromatic rings. The van der Waals surface area contributed by atoms with Gasteiger partial charge in [0.1, 0.15) is 6.07 Å². The van der Waals surface area contributed by atoms with Crippen LogP contribution in [0.2, 0.25) is 0 Å². The Morgan fingerprint density at radius 3 is 2.79 bits per heavy atom. The quantitative estimate of drug-likeness (QED) is 0.713. The maximum Gasteiger partial charge on any atom is 0.102 e. The summed E-state index contributed by atoms with van der Waals surface area (Å²) in [6.07, 6.45) is 3.36. The number of nitrogens with two attached hydrogens (primary N) is 1. The van der Waals surface area contributed by atoms with Crippen LogP contribution in [0.1, 0.15) is 38.7 Å². The van der Waals surface area contributed by atoms with Crippen LogP contribution in [0.15, 0.2) is 23.1 Å². The van der Waals surface area contributed by atoms with Gasteiger partial charge in [-0.15, -0.1) is 11.8 Å². The maximum absolute atomic E-state index is 9.35. The molecule has 0 saturated carbocycles. The fourth-order valence-corrected chi connectivity index (χ4v) is 2.75. The van der Waals surface area contributed by atoms with E-state index >= 15 is 0 Å². The van der Waals surface area contributed by atoms with Gasteiger partial charge in [-0.25, -0.2) is 0 Å². The van der Waals surface area contributed by atoms with E-state index in [1.807, 2.05) is 18.2 Å². The second kappa shape index (κ2) is 8.84. The van der Waals surface area contributed by atoms with Gasteiger partial charge >= 0.3 is 0 Å². The minimum absolute atomic E-state index is 0.244. The van der Waals surface area contributed by atoms with Gasteiger partial charge in [-0.2, -0.15) is 5.26 Å². The number of rotatable bonds is 8. The van der Waals surface area contributed by atoms with E-state index in [-0.39, 0.29) is 6.04 Å². The Kier molecular flexibility index (Phi) is 7.39. The molecule has 3 N–H and O–H groups in total. The molecule has 0 fully saturated rings. The first kappa shape index (κ1) is 15.9. The van der Waals surface area contributed by atoms with Crippen LogP contribution in [-0.4, -0.2) is 18.3 Å². The standard InChI is InChI=1S/C15H23N3S/c1-3-5-7-12(10-16)18-14-8-6-9-15(19-4-2)13(14)11-17/h6,8-9,12,18H,3-5,7,10,16H2,1-2H3. The van der Waals surface area contributed by atoms with E-state index < -0.39 is 0 Å². The smallest absolute Gasteiger partial charge is 0.102 e. The van der Waals surface area contributed by atoms with Gasteiger partial charge in [0, 0.05) is 17.5 Å². The second-order valence-corrected chi connectivity index (χ2v) is 5.75. The molecular weight excluding hydrogens is 254 g/mol. The highest BCUT2D eigenvalue weighted by Crippen LogP contribution is 2.28. The highest BCUT2D eigenvalue weighted by molar-refractivity contribution is 7.99. The number of unbranched alkanes of at least 4 members (excludes halogenated alkanes) is 1. The molecule has 0 aliphatic rings.